The van der Waals surface area contributed by atoms with Gasteiger partial charge in [-0.1, -0.05) is 31.2 Å². The summed E-state index contributed by atoms with van der Waals surface area (Å²) in [7, 11) is 0. The van der Waals surface area contributed by atoms with Gasteiger partial charge >= 0.3 is 0 Å². The Morgan fingerprint density at radius 1 is 1.05 bits per heavy atom. The molecule has 0 fully saturated rings. The van der Waals surface area contributed by atoms with Crippen molar-refractivity contribution < 1.29 is 0 Å². The highest BCUT2D eigenvalue weighted by molar-refractivity contribution is 5.62. The van der Waals surface area contributed by atoms with Crippen molar-refractivity contribution >= 4 is 5.78 Å². The zero-order valence-corrected chi connectivity index (χ0v) is 11.5. The molecular formula is C16H17N3. The summed E-state index contributed by atoms with van der Waals surface area (Å²) in [6, 6.07) is 10.6. The average Bonchev–Trinajstić information content (AvgIpc) is 2.83. The van der Waals surface area contributed by atoms with Crippen LogP contribution >= 0.6 is 0 Å². The lowest BCUT2D eigenvalue weighted by molar-refractivity contribution is 1.01. The molecular weight excluding hydrogens is 234 g/mol. The molecule has 2 heterocycles. The third-order valence-electron chi connectivity index (χ3n) is 3.42. The van der Waals surface area contributed by atoms with Crippen LogP contribution in [0.1, 0.15) is 23.9 Å². The zero-order chi connectivity index (χ0) is 13.4. The van der Waals surface area contributed by atoms with Gasteiger partial charge in [-0.05, 0) is 31.9 Å². The molecule has 0 N–H and O–H groups in total. The standard InChI is InChI=1S/C16H17N3/c1-4-13-5-7-14(8-6-13)15-10-19-12(3)9-11(2)17-16(19)18-15/h5-10H,4H2,1-3H3. The maximum absolute atomic E-state index is 4.61. The van der Waals surface area contributed by atoms with E-state index >= 15 is 0 Å². The van der Waals surface area contributed by atoms with Gasteiger partial charge in [-0.3, -0.25) is 4.40 Å². The van der Waals surface area contributed by atoms with Gasteiger partial charge in [0, 0.05) is 23.1 Å². The van der Waals surface area contributed by atoms with Crippen molar-refractivity contribution in [3.8, 4) is 11.3 Å². The highest BCUT2D eigenvalue weighted by Gasteiger charge is 2.07. The number of hydrogen-bond donors (Lipinski definition) is 0. The van der Waals surface area contributed by atoms with E-state index in [1.165, 1.54) is 5.56 Å². The van der Waals surface area contributed by atoms with Gasteiger partial charge in [-0.15, -0.1) is 0 Å². The van der Waals surface area contributed by atoms with E-state index in [1.807, 2.05) is 11.3 Å². The fourth-order valence-electron chi connectivity index (χ4n) is 2.32. The van der Waals surface area contributed by atoms with E-state index < -0.39 is 0 Å². The Morgan fingerprint density at radius 2 is 1.79 bits per heavy atom. The lowest BCUT2D eigenvalue weighted by Crippen LogP contribution is -1.94. The van der Waals surface area contributed by atoms with Crippen LogP contribution in [0.5, 0.6) is 0 Å². The molecule has 2 aromatic heterocycles. The fraction of sp³-hybridized carbons (Fsp3) is 0.250. The molecule has 96 valence electrons. The van der Waals surface area contributed by atoms with Crippen molar-refractivity contribution in [2.45, 2.75) is 27.2 Å². The third kappa shape index (κ3) is 2.12. The summed E-state index contributed by atoms with van der Waals surface area (Å²) in [5.74, 6) is 0.770. The maximum atomic E-state index is 4.61. The quantitative estimate of drug-likeness (QED) is 0.697. The molecule has 0 saturated heterocycles. The normalized spacial score (nSPS) is 11.1. The van der Waals surface area contributed by atoms with E-state index in [2.05, 4.69) is 60.3 Å². The molecule has 0 aliphatic carbocycles. The van der Waals surface area contributed by atoms with Crippen LogP contribution in [0.15, 0.2) is 36.5 Å². The predicted molar refractivity (Wildman–Crippen MR) is 77.3 cm³/mol. The summed E-state index contributed by atoms with van der Waals surface area (Å²) in [5.41, 5.74) is 5.62. The molecule has 3 heteroatoms. The molecule has 3 aromatic rings. The summed E-state index contributed by atoms with van der Waals surface area (Å²) in [5, 5.41) is 0. The van der Waals surface area contributed by atoms with Crippen LogP contribution in [0.25, 0.3) is 17.0 Å². The fourth-order valence-corrected chi connectivity index (χ4v) is 2.32. The maximum Gasteiger partial charge on any atom is 0.234 e. The number of imidazole rings is 1. The van der Waals surface area contributed by atoms with Gasteiger partial charge in [0.1, 0.15) is 0 Å². The highest BCUT2D eigenvalue weighted by Crippen LogP contribution is 2.20. The third-order valence-corrected chi connectivity index (χ3v) is 3.42. The first kappa shape index (κ1) is 11.9. The number of benzene rings is 1. The van der Waals surface area contributed by atoms with Crippen LogP contribution in [-0.4, -0.2) is 14.4 Å². The van der Waals surface area contributed by atoms with Crippen LogP contribution in [0.3, 0.4) is 0 Å². The van der Waals surface area contributed by atoms with E-state index in [9.17, 15) is 0 Å². The van der Waals surface area contributed by atoms with Gasteiger partial charge in [0.05, 0.1) is 5.69 Å². The van der Waals surface area contributed by atoms with Crippen LogP contribution in [0.4, 0.5) is 0 Å². The summed E-state index contributed by atoms with van der Waals surface area (Å²) in [6.07, 6.45) is 3.11. The number of aromatic nitrogens is 3. The van der Waals surface area contributed by atoms with Gasteiger partial charge in [0.25, 0.3) is 0 Å². The Kier molecular flexibility index (Phi) is 2.82. The molecule has 0 radical (unpaired) electrons. The van der Waals surface area contributed by atoms with Crippen LogP contribution in [0.2, 0.25) is 0 Å². The SMILES string of the molecule is CCc1ccc(-c2cn3c(C)cc(C)nc3n2)cc1. The Balaban J connectivity index is 2.12. The van der Waals surface area contributed by atoms with Gasteiger partial charge in [0.15, 0.2) is 0 Å². The second-order valence-electron chi connectivity index (χ2n) is 4.89. The summed E-state index contributed by atoms with van der Waals surface area (Å²) in [4.78, 5) is 9.08. The first-order valence-electron chi connectivity index (χ1n) is 6.60. The van der Waals surface area contributed by atoms with E-state index in [1.54, 1.807) is 0 Å². The summed E-state index contributed by atoms with van der Waals surface area (Å²) >= 11 is 0. The number of aryl methyl sites for hydroxylation is 3. The molecule has 0 aliphatic rings. The molecule has 0 spiro atoms. The molecule has 0 unspecified atom stereocenters. The largest absolute Gasteiger partial charge is 0.288 e. The van der Waals surface area contributed by atoms with Crippen molar-refractivity contribution in [2.24, 2.45) is 0 Å². The van der Waals surface area contributed by atoms with Gasteiger partial charge in [-0.25, -0.2) is 9.97 Å². The molecule has 0 aliphatic heterocycles. The van der Waals surface area contributed by atoms with Crippen LogP contribution in [0, 0.1) is 13.8 Å². The van der Waals surface area contributed by atoms with Crippen molar-refractivity contribution in [1.29, 1.82) is 0 Å². The predicted octanol–water partition coefficient (Wildman–Crippen LogP) is 3.58. The number of rotatable bonds is 2. The molecule has 19 heavy (non-hydrogen) atoms. The second kappa shape index (κ2) is 4.50. The lowest BCUT2D eigenvalue weighted by Gasteiger charge is -1.99. The molecule has 3 nitrogen and oxygen atoms in total. The number of fused-ring (bicyclic) bond motifs is 1. The zero-order valence-electron chi connectivity index (χ0n) is 11.5. The first-order valence-corrected chi connectivity index (χ1v) is 6.60. The van der Waals surface area contributed by atoms with E-state index in [4.69, 9.17) is 0 Å². The molecule has 1 aromatic carbocycles. The molecule has 0 atom stereocenters. The smallest absolute Gasteiger partial charge is 0.234 e. The van der Waals surface area contributed by atoms with Gasteiger partial charge in [-0.2, -0.15) is 0 Å². The minimum absolute atomic E-state index is 0.770. The minimum atomic E-state index is 0.770. The Morgan fingerprint density at radius 3 is 2.47 bits per heavy atom. The van der Waals surface area contributed by atoms with Crippen LogP contribution < -0.4 is 0 Å². The summed E-state index contributed by atoms with van der Waals surface area (Å²) < 4.78 is 2.04. The van der Waals surface area contributed by atoms with Crippen molar-refractivity contribution in [2.75, 3.05) is 0 Å². The minimum Gasteiger partial charge on any atom is -0.288 e. The van der Waals surface area contributed by atoms with E-state index in [0.717, 1.165) is 34.8 Å². The van der Waals surface area contributed by atoms with Crippen molar-refractivity contribution in [1.82, 2.24) is 14.4 Å². The topological polar surface area (TPSA) is 30.2 Å². The molecule has 0 amide bonds. The Hall–Kier alpha value is -2.16. The van der Waals surface area contributed by atoms with E-state index in [-0.39, 0.29) is 0 Å². The first-order chi connectivity index (χ1) is 9.17. The highest BCUT2D eigenvalue weighted by atomic mass is 15.1. The molecule has 0 saturated carbocycles. The van der Waals surface area contributed by atoms with Crippen molar-refractivity contribution in [3.63, 3.8) is 0 Å². The number of hydrogen-bond acceptors (Lipinski definition) is 2. The molecule has 3 rings (SSSR count). The summed E-state index contributed by atoms with van der Waals surface area (Å²) in [6.45, 7) is 6.24. The Bertz CT molecular complexity index is 724. The lowest BCUT2D eigenvalue weighted by atomic mass is 10.1. The second-order valence-corrected chi connectivity index (χ2v) is 4.89. The van der Waals surface area contributed by atoms with E-state index in [0.29, 0.717) is 0 Å². The number of nitrogens with zero attached hydrogens (tertiary/aromatic N) is 3. The monoisotopic (exact) mass is 251 g/mol. The van der Waals surface area contributed by atoms with Crippen molar-refractivity contribution in [3.05, 3.63) is 53.5 Å². The molecule has 0 bridgehead atoms. The van der Waals surface area contributed by atoms with Gasteiger partial charge in [0.2, 0.25) is 5.78 Å². The van der Waals surface area contributed by atoms with Gasteiger partial charge < -0.3 is 0 Å². The van der Waals surface area contributed by atoms with Crippen LogP contribution in [-0.2, 0) is 6.42 Å². The average molecular weight is 251 g/mol. The Labute approximate surface area is 113 Å².